The topological polar surface area (TPSA) is 98.6 Å². The monoisotopic (exact) mass is 300 g/mol. The lowest BCUT2D eigenvalue weighted by atomic mass is 10.1. The SMILES string of the molecule is O=C(OCc1nnc(-c2ccco2)o1)c1ccc(CO)cc1. The highest BCUT2D eigenvalue weighted by Crippen LogP contribution is 2.18. The quantitative estimate of drug-likeness (QED) is 0.721. The number of benzene rings is 1. The molecule has 1 N–H and O–H groups in total. The van der Waals surface area contributed by atoms with Crippen LogP contribution in [0.5, 0.6) is 0 Å². The maximum atomic E-state index is 11.9. The van der Waals surface area contributed by atoms with Gasteiger partial charge >= 0.3 is 5.97 Å². The van der Waals surface area contributed by atoms with Crippen LogP contribution in [0.25, 0.3) is 11.7 Å². The summed E-state index contributed by atoms with van der Waals surface area (Å²) in [5, 5.41) is 16.5. The van der Waals surface area contributed by atoms with Crippen LogP contribution in [-0.4, -0.2) is 21.3 Å². The standard InChI is InChI=1S/C15H12N2O5/c18-8-10-3-5-11(6-4-10)15(19)21-9-13-16-17-14(22-13)12-2-1-7-20-12/h1-7,18H,8-9H2. The van der Waals surface area contributed by atoms with Gasteiger partial charge in [-0.15, -0.1) is 10.2 Å². The Labute approximate surface area is 125 Å². The highest BCUT2D eigenvalue weighted by Gasteiger charge is 2.13. The first-order valence-electron chi connectivity index (χ1n) is 6.49. The van der Waals surface area contributed by atoms with Gasteiger partial charge in [-0.25, -0.2) is 4.79 Å². The number of hydrogen-bond acceptors (Lipinski definition) is 7. The van der Waals surface area contributed by atoms with Crippen LogP contribution >= 0.6 is 0 Å². The molecule has 2 heterocycles. The van der Waals surface area contributed by atoms with Crippen LogP contribution in [0.3, 0.4) is 0 Å². The van der Waals surface area contributed by atoms with Gasteiger partial charge < -0.3 is 18.7 Å². The van der Waals surface area contributed by atoms with E-state index in [0.717, 1.165) is 5.56 Å². The lowest BCUT2D eigenvalue weighted by Crippen LogP contribution is -2.05. The molecule has 0 aliphatic carbocycles. The summed E-state index contributed by atoms with van der Waals surface area (Å²) in [7, 11) is 0. The van der Waals surface area contributed by atoms with Crippen LogP contribution < -0.4 is 0 Å². The first kappa shape index (κ1) is 14.0. The van der Waals surface area contributed by atoms with Crippen molar-refractivity contribution in [2.24, 2.45) is 0 Å². The van der Waals surface area contributed by atoms with Gasteiger partial charge in [0.1, 0.15) is 0 Å². The molecule has 0 saturated carbocycles. The van der Waals surface area contributed by atoms with E-state index in [1.165, 1.54) is 6.26 Å². The van der Waals surface area contributed by atoms with Gasteiger partial charge in [0.25, 0.3) is 11.8 Å². The van der Waals surface area contributed by atoms with E-state index in [-0.39, 0.29) is 25.0 Å². The van der Waals surface area contributed by atoms with E-state index in [1.807, 2.05) is 0 Å². The van der Waals surface area contributed by atoms with E-state index in [9.17, 15) is 4.79 Å². The number of carbonyl (C=O) groups excluding carboxylic acids is 1. The maximum Gasteiger partial charge on any atom is 0.338 e. The highest BCUT2D eigenvalue weighted by atomic mass is 16.5. The zero-order chi connectivity index (χ0) is 15.4. The summed E-state index contributed by atoms with van der Waals surface area (Å²) >= 11 is 0. The third-order valence-corrected chi connectivity index (χ3v) is 2.90. The Morgan fingerprint density at radius 1 is 1.18 bits per heavy atom. The number of aliphatic hydroxyl groups excluding tert-OH is 1. The van der Waals surface area contributed by atoms with Crippen molar-refractivity contribution in [1.29, 1.82) is 0 Å². The average Bonchev–Trinajstić information content (AvgIpc) is 3.23. The van der Waals surface area contributed by atoms with Crippen molar-refractivity contribution in [3.8, 4) is 11.7 Å². The number of carbonyl (C=O) groups is 1. The lowest BCUT2D eigenvalue weighted by Gasteiger charge is -2.02. The Balaban J connectivity index is 1.61. The fourth-order valence-electron chi connectivity index (χ4n) is 1.77. The van der Waals surface area contributed by atoms with E-state index in [0.29, 0.717) is 11.3 Å². The van der Waals surface area contributed by atoms with Crippen LogP contribution in [-0.2, 0) is 18.0 Å². The third kappa shape index (κ3) is 3.04. The van der Waals surface area contributed by atoms with Crippen LogP contribution in [0, 0.1) is 0 Å². The number of aromatic nitrogens is 2. The maximum absolute atomic E-state index is 11.9. The van der Waals surface area contributed by atoms with Gasteiger partial charge in [0.15, 0.2) is 12.4 Å². The number of hydrogen-bond donors (Lipinski definition) is 1. The lowest BCUT2D eigenvalue weighted by molar-refractivity contribution is 0.0438. The molecule has 1 aromatic carbocycles. The minimum Gasteiger partial charge on any atom is -0.459 e. The van der Waals surface area contributed by atoms with Crippen molar-refractivity contribution in [3.63, 3.8) is 0 Å². The molecule has 0 unspecified atom stereocenters. The van der Waals surface area contributed by atoms with Gasteiger partial charge in [0, 0.05) is 0 Å². The molecule has 7 heteroatoms. The fourth-order valence-corrected chi connectivity index (χ4v) is 1.77. The van der Waals surface area contributed by atoms with E-state index in [2.05, 4.69) is 10.2 Å². The molecule has 2 aromatic heterocycles. The molecule has 0 saturated heterocycles. The zero-order valence-electron chi connectivity index (χ0n) is 11.4. The Bertz CT molecular complexity index is 747. The molecule has 0 fully saturated rings. The molecule has 0 aliphatic heterocycles. The van der Waals surface area contributed by atoms with Gasteiger partial charge in [-0.05, 0) is 29.8 Å². The third-order valence-electron chi connectivity index (χ3n) is 2.90. The average molecular weight is 300 g/mol. The van der Waals surface area contributed by atoms with Crippen molar-refractivity contribution < 1.29 is 23.5 Å². The number of ether oxygens (including phenoxy) is 1. The van der Waals surface area contributed by atoms with Gasteiger partial charge in [0.2, 0.25) is 0 Å². The Kier molecular flexibility index (Phi) is 3.97. The van der Waals surface area contributed by atoms with Gasteiger partial charge in [-0.3, -0.25) is 0 Å². The largest absolute Gasteiger partial charge is 0.459 e. The van der Waals surface area contributed by atoms with Crippen LogP contribution in [0.1, 0.15) is 21.8 Å². The minimum absolute atomic E-state index is 0.0765. The number of furan rings is 1. The van der Waals surface area contributed by atoms with Crippen molar-refractivity contribution in [1.82, 2.24) is 10.2 Å². The highest BCUT2D eigenvalue weighted by molar-refractivity contribution is 5.89. The first-order valence-corrected chi connectivity index (χ1v) is 6.49. The summed E-state index contributed by atoms with van der Waals surface area (Å²) in [6, 6.07) is 9.85. The van der Waals surface area contributed by atoms with Crippen molar-refractivity contribution >= 4 is 5.97 Å². The smallest absolute Gasteiger partial charge is 0.338 e. The second-order valence-corrected chi connectivity index (χ2v) is 4.41. The molecule has 0 aliphatic rings. The van der Waals surface area contributed by atoms with E-state index >= 15 is 0 Å². The van der Waals surface area contributed by atoms with E-state index in [4.69, 9.17) is 18.7 Å². The first-order chi connectivity index (χ1) is 10.8. The van der Waals surface area contributed by atoms with Crippen molar-refractivity contribution in [2.75, 3.05) is 0 Å². The van der Waals surface area contributed by atoms with Crippen molar-refractivity contribution in [2.45, 2.75) is 13.2 Å². The molecule has 3 aromatic rings. The number of rotatable bonds is 5. The Morgan fingerprint density at radius 3 is 2.68 bits per heavy atom. The summed E-state index contributed by atoms with van der Waals surface area (Å²) < 4.78 is 15.5. The van der Waals surface area contributed by atoms with Gasteiger partial charge in [-0.1, -0.05) is 12.1 Å². The molecular weight excluding hydrogens is 288 g/mol. The molecule has 0 atom stereocenters. The van der Waals surface area contributed by atoms with E-state index < -0.39 is 5.97 Å². The summed E-state index contributed by atoms with van der Waals surface area (Å²) in [6.45, 7) is -0.207. The number of nitrogens with zero attached hydrogens (tertiary/aromatic N) is 2. The predicted octanol–water partition coefficient (Wildman–Crippen LogP) is 2.18. The molecule has 7 nitrogen and oxygen atoms in total. The number of aliphatic hydroxyl groups is 1. The molecule has 22 heavy (non-hydrogen) atoms. The molecule has 112 valence electrons. The molecule has 0 spiro atoms. The number of esters is 1. The fraction of sp³-hybridized carbons (Fsp3) is 0.133. The molecule has 0 amide bonds. The summed E-state index contributed by atoms with van der Waals surface area (Å²) in [5.74, 6) is 0.335. The van der Waals surface area contributed by atoms with Gasteiger partial charge in [0.05, 0.1) is 18.4 Å². The Hall–Kier alpha value is -2.93. The van der Waals surface area contributed by atoms with Crippen molar-refractivity contribution in [3.05, 3.63) is 59.7 Å². The Morgan fingerprint density at radius 2 is 2.00 bits per heavy atom. The normalized spacial score (nSPS) is 10.6. The van der Waals surface area contributed by atoms with Gasteiger partial charge in [-0.2, -0.15) is 0 Å². The molecule has 0 bridgehead atoms. The zero-order valence-corrected chi connectivity index (χ0v) is 11.4. The molecular formula is C15H12N2O5. The predicted molar refractivity (Wildman–Crippen MR) is 73.5 cm³/mol. The van der Waals surface area contributed by atoms with Crippen LogP contribution in [0.4, 0.5) is 0 Å². The minimum atomic E-state index is -0.512. The second kappa shape index (κ2) is 6.23. The van der Waals surface area contributed by atoms with Crippen LogP contribution in [0.2, 0.25) is 0 Å². The summed E-state index contributed by atoms with van der Waals surface area (Å²) in [5.41, 5.74) is 1.10. The second-order valence-electron chi connectivity index (χ2n) is 4.41. The molecule has 3 rings (SSSR count). The molecule has 0 radical (unpaired) electrons. The van der Waals surface area contributed by atoms with Crippen LogP contribution in [0.15, 0.2) is 51.5 Å². The summed E-state index contributed by atoms with van der Waals surface area (Å²) in [6.07, 6.45) is 1.50. The summed E-state index contributed by atoms with van der Waals surface area (Å²) in [4.78, 5) is 11.9. The van der Waals surface area contributed by atoms with E-state index in [1.54, 1.807) is 36.4 Å².